The molecule has 87 heavy (non-hydrogen) atoms. The van der Waals surface area contributed by atoms with Gasteiger partial charge in [-0.25, -0.2) is 0 Å². The number of carbonyl (C=O) groups is 11. The molecular weight excluding hydrogens is 1130 g/mol. The Labute approximate surface area is 503 Å². The van der Waals surface area contributed by atoms with E-state index in [0.29, 0.717) is 11.3 Å². The normalized spacial score (nSPS) is 21.8. The zero-order chi connectivity index (χ0) is 64.2. The number of nitrogens with two attached hydrogens (primary N) is 5. The van der Waals surface area contributed by atoms with Gasteiger partial charge in [-0.2, -0.15) is 0 Å². The van der Waals surface area contributed by atoms with Crippen LogP contribution in [0.1, 0.15) is 75.2 Å². The molecule has 1 aromatic heterocycles. The number of aromatic nitrogens is 1. The van der Waals surface area contributed by atoms with E-state index in [2.05, 4.69) is 63.5 Å². The number of amides is 11. The van der Waals surface area contributed by atoms with Crippen LogP contribution in [0.5, 0.6) is 0 Å². The average molecular weight is 1220 g/mol. The molecule has 2 heterocycles. The Morgan fingerprint density at radius 3 is 1.63 bits per heavy atom. The van der Waals surface area contributed by atoms with Crippen LogP contribution in [-0.2, 0) is 54.4 Å². The lowest BCUT2D eigenvalue weighted by molar-refractivity contribution is -0.136. The predicted octanol–water partition coefficient (Wildman–Crippen LogP) is -6.25. The van der Waals surface area contributed by atoms with Crippen molar-refractivity contribution in [1.29, 1.82) is 0 Å². The maximum atomic E-state index is 14.5. The topological polar surface area (TPSA) is 504 Å². The molecule has 476 valence electrons. The first-order valence-corrected chi connectivity index (χ1v) is 28.7. The Bertz CT molecular complexity index is 2800. The molecule has 1 fully saturated rings. The molecule has 0 unspecified atom stereocenters. The van der Waals surface area contributed by atoms with E-state index in [9.17, 15) is 63.0 Å². The third-order valence-corrected chi connectivity index (χ3v) is 13.8. The standard InChI is InChI=1S/C57H85N17O13/c1-31(2)26-42-53(83)68-37(15-21-59)48(78)67-39(17-23-61)52(82)74-46(32(3)76)57(87)64-25-19-40(51(81)66-38(16-22-60)49(79)71-43(54(84)70-42)27-33-10-6-4-7-11-33)69-55(85)44(29-62)72-56(86)45(30-75)73-50(80)36(14-20-58)65-47(77)35-18-24-63-41(28-35)34-12-8-5-9-13-34/h4-13,18,24,28,31-32,36-40,42-46,75-76H,14-17,19-23,25-27,29-30,58-62H2,1-3H3,(H,64,87)(H,65,77)(H,66,81)(H,67,78)(H,68,83)(H,69,85)(H,70,84)(H,71,79)(H,72,86)(H,73,80)(H,74,82)/t32-,36+,37+,38+,39+,40+,42+,43-,44-,45+,46+/m1/s1. The first-order chi connectivity index (χ1) is 41.6. The minimum atomic E-state index is -1.75. The lowest BCUT2D eigenvalue weighted by atomic mass is 10.00. The fourth-order valence-corrected chi connectivity index (χ4v) is 9.07. The third kappa shape index (κ3) is 22.7. The predicted molar refractivity (Wildman–Crippen MR) is 318 cm³/mol. The molecule has 0 spiro atoms. The molecule has 11 amide bonds. The second-order valence-corrected chi connectivity index (χ2v) is 21.2. The summed E-state index contributed by atoms with van der Waals surface area (Å²) in [4.78, 5) is 158. The van der Waals surface area contributed by atoms with Crippen molar-refractivity contribution < 1.29 is 63.0 Å². The molecule has 30 heteroatoms. The minimum absolute atomic E-state index is 0.0371. The number of hydrogen-bond acceptors (Lipinski definition) is 19. The van der Waals surface area contributed by atoms with Gasteiger partial charge in [0.05, 0.1) is 18.4 Å². The summed E-state index contributed by atoms with van der Waals surface area (Å²) in [7, 11) is 0. The quantitative estimate of drug-likeness (QED) is 0.0397. The van der Waals surface area contributed by atoms with E-state index >= 15 is 0 Å². The Morgan fingerprint density at radius 1 is 0.586 bits per heavy atom. The molecule has 0 aliphatic carbocycles. The molecule has 0 radical (unpaired) electrons. The number of carbonyl (C=O) groups excluding carboxylic acids is 11. The SMILES string of the molecule is CC(C)C[C@@H]1NC(=O)[C@@H](Cc2ccccc2)NC(=O)[C@H](CCN)NC(=O)[C@@H](NC(=O)[C@@H](CN)NC(=O)[C@H](CO)NC(=O)[C@H](CCN)NC(=O)c2ccnc(-c3ccccc3)c2)CCNC(=O)[C@H]([C@@H](C)O)NC(=O)[C@H](CCN)NC(=O)[C@H](CCN)NC1=O. The molecule has 0 bridgehead atoms. The Kier molecular flexibility index (Phi) is 29.7. The van der Waals surface area contributed by atoms with E-state index < -0.39 is 158 Å². The number of pyridine rings is 1. The monoisotopic (exact) mass is 1220 g/mol. The van der Waals surface area contributed by atoms with Gasteiger partial charge in [-0.15, -0.1) is 0 Å². The van der Waals surface area contributed by atoms with Gasteiger partial charge < -0.3 is 97.4 Å². The van der Waals surface area contributed by atoms with Crippen LogP contribution in [0.3, 0.4) is 0 Å². The van der Waals surface area contributed by atoms with Crippen molar-refractivity contribution in [1.82, 2.24) is 63.5 Å². The van der Waals surface area contributed by atoms with Crippen LogP contribution in [0.25, 0.3) is 11.3 Å². The van der Waals surface area contributed by atoms with Crippen molar-refractivity contribution in [2.24, 2.45) is 34.6 Å². The number of nitrogens with zero attached hydrogens (tertiary/aromatic N) is 1. The maximum absolute atomic E-state index is 14.5. The summed E-state index contributed by atoms with van der Waals surface area (Å²) in [6.45, 7) is 2.02. The molecule has 1 aliphatic heterocycles. The van der Waals surface area contributed by atoms with Gasteiger partial charge in [0.2, 0.25) is 59.1 Å². The van der Waals surface area contributed by atoms with Gasteiger partial charge in [-0.05, 0) is 95.2 Å². The fourth-order valence-electron chi connectivity index (χ4n) is 9.07. The van der Waals surface area contributed by atoms with Crippen LogP contribution < -0.4 is 87.2 Å². The van der Waals surface area contributed by atoms with Crippen molar-refractivity contribution in [2.45, 2.75) is 132 Å². The van der Waals surface area contributed by atoms with Crippen LogP contribution in [0.4, 0.5) is 0 Å². The second kappa shape index (κ2) is 36.5. The third-order valence-electron chi connectivity index (χ3n) is 13.8. The number of rotatable bonds is 24. The highest BCUT2D eigenvalue weighted by atomic mass is 16.3. The number of aliphatic hydroxyl groups excluding tert-OH is 2. The van der Waals surface area contributed by atoms with Crippen molar-refractivity contribution >= 4 is 65.0 Å². The molecule has 1 saturated heterocycles. The van der Waals surface area contributed by atoms with Crippen LogP contribution >= 0.6 is 0 Å². The summed E-state index contributed by atoms with van der Waals surface area (Å²) >= 11 is 0. The van der Waals surface area contributed by atoms with Crippen LogP contribution in [0, 0.1) is 5.92 Å². The minimum Gasteiger partial charge on any atom is -0.394 e. The summed E-state index contributed by atoms with van der Waals surface area (Å²) < 4.78 is 0. The van der Waals surface area contributed by atoms with Gasteiger partial charge in [0.25, 0.3) is 5.91 Å². The van der Waals surface area contributed by atoms with Crippen molar-refractivity contribution in [3.8, 4) is 11.3 Å². The average Bonchev–Trinajstić information content (AvgIpc) is 3.51. The van der Waals surface area contributed by atoms with Gasteiger partial charge in [-0.3, -0.25) is 57.7 Å². The number of aliphatic hydroxyl groups is 2. The van der Waals surface area contributed by atoms with Crippen molar-refractivity contribution in [3.05, 3.63) is 90.1 Å². The highest BCUT2D eigenvalue weighted by Crippen LogP contribution is 2.18. The highest BCUT2D eigenvalue weighted by molar-refractivity contribution is 6.01. The summed E-state index contributed by atoms with van der Waals surface area (Å²) in [5.74, 6) is -10.6. The largest absolute Gasteiger partial charge is 0.394 e. The summed E-state index contributed by atoms with van der Waals surface area (Å²) in [5, 5.41) is 48.7. The molecule has 3 aromatic rings. The lowest BCUT2D eigenvalue weighted by Gasteiger charge is -2.28. The zero-order valence-electron chi connectivity index (χ0n) is 49.1. The number of nitrogens with one attached hydrogen (secondary N) is 11. The maximum Gasteiger partial charge on any atom is 0.252 e. The van der Waals surface area contributed by atoms with Crippen LogP contribution in [-0.4, -0.2) is 193 Å². The van der Waals surface area contributed by atoms with E-state index in [1.54, 1.807) is 68.4 Å². The first kappa shape index (κ1) is 71.0. The lowest BCUT2D eigenvalue weighted by Crippen LogP contribution is -2.62. The van der Waals surface area contributed by atoms with Gasteiger partial charge in [0.1, 0.15) is 60.4 Å². The van der Waals surface area contributed by atoms with E-state index in [-0.39, 0.29) is 76.2 Å². The summed E-state index contributed by atoms with van der Waals surface area (Å²) in [6, 6.07) is 5.25. The van der Waals surface area contributed by atoms with Gasteiger partial charge in [0, 0.05) is 36.8 Å². The molecule has 1 aliphatic rings. The van der Waals surface area contributed by atoms with Gasteiger partial charge >= 0.3 is 0 Å². The van der Waals surface area contributed by atoms with Crippen LogP contribution in [0.15, 0.2) is 79.0 Å². The van der Waals surface area contributed by atoms with Crippen molar-refractivity contribution in [3.63, 3.8) is 0 Å². The smallest absolute Gasteiger partial charge is 0.252 e. The molecule has 4 rings (SSSR count). The summed E-state index contributed by atoms with van der Waals surface area (Å²) in [6.07, 6.45) is -1.42. The molecule has 0 saturated carbocycles. The first-order valence-electron chi connectivity index (χ1n) is 28.7. The van der Waals surface area contributed by atoms with Gasteiger partial charge in [0.15, 0.2) is 0 Å². The zero-order valence-corrected chi connectivity index (χ0v) is 49.1. The molecule has 23 N–H and O–H groups in total. The summed E-state index contributed by atoms with van der Waals surface area (Å²) in [5.41, 5.74) is 31.3. The molecule has 30 nitrogen and oxygen atoms in total. The number of hydrogen-bond donors (Lipinski definition) is 18. The number of benzene rings is 2. The van der Waals surface area contributed by atoms with E-state index in [0.717, 1.165) is 5.56 Å². The van der Waals surface area contributed by atoms with Gasteiger partial charge in [-0.1, -0.05) is 74.5 Å². The molecular formula is C57H85N17O13. The van der Waals surface area contributed by atoms with E-state index in [1.807, 2.05) is 6.07 Å². The Hall–Kier alpha value is -8.52. The highest BCUT2D eigenvalue weighted by Gasteiger charge is 2.37. The van der Waals surface area contributed by atoms with Crippen LogP contribution in [0.2, 0.25) is 0 Å². The van der Waals surface area contributed by atoms with Crippen molar-refractivity contribution in [2.75, 3.05) is 45.9 Å². The fraction of sp³-hybridized carbons (Fsp3) is 0.509. The Morgan fingerprint density at radius 2 is 1.09 bits per heavy atom. The molecule has 2 aromatic carbocycles. The second-order valence-electron chi connectivity index (χ2n) is 21.2. The van der Waals surface area contributed by atoms with E-state index in [1.165, 1.54) is 25.3 Å². The Balaban J connectivity index is 1.66. The molecule has 11 atom stereocenters. The van der Waals surface area contributed by atoms with E-state index in [4.69, 9.17) is 28.7 Å².